The quantitative estimate of drug-likeness (QED) is 0.523. The van der Waals surface area contributed by atoms with Crippen LogP contribution in [0, 0.1) is 5.92 Å². The maximum absolute atomic E-state index is 6.70. The number of hydrogen-bond acceptors (Lipinski definition) is 1. The molecule has 1 fully saturated rings. The van der Waals surface area contributed by atoms with E-state index < -0.39 is 0 Å². The summed E-state index contributed by atoms with van der Waals surface area (Å²) in [5.74, 6) is 0.832. The van der Waals surface area contributed by atoms with Crippen molar-refractivity contribution in [3.8, 4) is 0 Å². The van der Waals surface area contributed by atoms with Crippen LogP contribution < -0.4 is 0 Å². The van der Waals surface area contributed by atoms with Gasteiger partial charge in [-0.3, -0.25) is 0 Å². The van der Waals surface area contributed by atoms with Crippen molar-refractivity contribution < 1.29 is 0 Å². The van der Waals surface area contributed by atoms with Gasteiger partial charge in [0.2, 0.25) is 0 Å². The summed E-state index contributed by atoms with van der Waals surface area (Å²) in [6.45, 7) is 0. The van der Waals surface area contributed by atoms with E-state index in [1.165, 1.54) is 52.2 Å². The van der Waals surface area contributed by atoms with Crippen molar-refractivity contribution in [3.05, 3.63) is 33.6 Å². The zero-order valence-electron chi connectivity index (χ0n) is 10.9. The minimum atomic E-state index is 0.172. The van der Waals surface area contributed by atoms with Gasteiger partial charge in [0.25, 0.3) is 0 Å². The molecule has 102 valence electrons. The molecule has 0 amide bonds. The van der Waals surface area contributed by atoms with Crippen LogP contribution in [0.3, 0.4) is 0 Å². The summed E-state index contributed by atoms with van der Waals surface area (Å²) in [5, 5.41) is 3.75. The lowest BCUT2D eigenvalue weighted by Gasteiger charge is -2.23. The molecule has 3 heteroatoms. The first-order valence-electron chi connectivity index (χ1n) is 7.05. The Morgan fingerprint density at radius 1 is 1.26 bits per heavy atom. The maximum Gasteiger partial charge on any atom is 0.0602 e. The van der Waals surface area contributed by atoms with Gasteiger partial charge in [-0.25, -0.2) is 0 Å². The maximum atomic E-state index is 6.70. The fraction of sp³-hybridized carbons (Fsp3) is 0.500. The predicted octanol–water partition coefficient (Wildman–Crippen LogP) is 6.91. The fourth-order valence-electron chi connectivity index (χ4n) is 3.13. The molecule has 0 bridgehead atoms. The first kappa shape index (κ1) is 13.9. The molecule has 19 heavy (non-hydrogen) atoms. The van der Waals surface area contributed by atoms with E-state index in [2.05, 4.69) is 39.5 Å². The van der Waals surface area contributed by atoms with E-state index in [1.807, 2.05) is 0 Å². The van der Waals surface area contributed by atoms with Crippen molar-refractivity contribution >= 4 is 49.0 Å². The van der Waals surface area contributed by atoms with Crippen LogP contribution in [-0.2, 0) is 0 Å². The van der Waals surface area contributed by atoms with E-state index in [1.54, 1.807) is 11.3 Å². The Bertz CT molecular complexity index is 557. The molecule has 0 nitrogen and oxygen atoms in total. The molecule has 0 spiro atoms. The van der Waals surface area contributed by atoms with E-state index in [9.17, 15) is 0 Å². The van der Waals surface area contributed by atoms with Crippen molar-refractivity contribution in [3.63, 3.8) is 0 Å². The van der Waals surface area contributed by atoms with E-state index in [0.29, 0.717) is 0 Å². The largest absolute Gasteiger partial charge is 0.142 e. The molecule has 1 heterocycles. The average Bonchev–Trinajstić information content (AvgIpc) is 2.85. The average molecular weight is 358 g/mol. The van der Waals surface area contributed by atoms with Gasteiger partial charge < -0.3 is 0 Å². The van der Waals surface area contributed by atoms with Crippen LogP contribution in [0.25, 0.3) is 10.1 Å². The number of thiophene rings is 1. The van der Waals surface area contributed by atoms with Crippen LogP contribution in [0.15, 0.2) is 28.1 Å². The van der Waals surface area contributed by atoms with Crippen molar-refractivity contribution in [1.82, 2.24) is 0 Å². The van der Waals surface area contributed by atoms with E-state index >= 15 is 0 Å². The lowest BCUT2D eigenvalue weighted by Crippen LogP contribution is -2.08. The van der Waals surface area contributed by atoms with Gasteiger partial charge >= 0.3 is 0 Å². The molecule has 1 aromatic heterocycles. The van der Waals surface area contributed by atoms with Crippen molar-refractivity contribution in [1.29, 1.82) is 0 Å². The summed E-state index contributed by atoms with van der Waals surface area (Å²) in [6.07, 6.45) is 8.08. The zero-order valence-corrected chi connectivity index (χ0v) is 14.0. The lowest BCUT2D eigenvalue weighted by molar-refractivity contribution is 0.336. The minimum Gasteiger partial charge on any atom is -0.142 e. The normalized spacial score (nSPS) is 18.8. The van der Waals surface area contributed by atoms with Gasteiger partial charge in [-0.1, -0.05) is 44.2 Å². The van der Waals surface area contributed by atoms with Crippen molar-refractivity contribution in [2.24, 2.45) is 5.92 Å². The highest BCUT2D eigenvalue weighted by Crippen LogP contribution is 2.41. The second-order valence-electron chi connectivity index (χ2n) is 5.51. The van der Waals surface area contributed by atoms with Gasteiger partial charge in [-0.2, -0.15) is 0 Å². The summed E-state index contributed by atoms with van der Waals surface area (Å²) in [7, 11) is 0. The Balaban J connectivity index is 1.81. The van der Waals surface area contributed by atoms with Crippen LogP contribution in [0.5, 0.6) is 0 Å². The number of halogens is 2. The van der Waals surface area contributed by atoms with E-state index in [4.69, 9.17) is 11.6 Å². The van der Waals surface area contributed by atoms with Gasteiger partial charge in [0, 0.05) is 9.17 Å². The van der Waals surface area contributed by atoms with Crippen molar-refractivity contribution in [2.75, 3.05) is 0 Å². The Morgan fingerprint density at radius 2 is 2.05 bits per heavy atom. The molecular weight excluding hydrogens is 340 g/mol. The molecule has 0 aliphatic heterocycles. The molecule has 1 unspecified atom stereocenters. The van der Waals surface area contributed by atoms with Gasteiger partial charge in [0.05, 0.1) is 5.38 Å². The highest BCUT2D eigenvalue weighted by molar-refractivity contribution is 9.10. The van der Waals surface area contributed by atoms with Crippen LogP contribution in [-0.4, -0.2) is 0 Å². The summed E-state index contributed by atoms with van der Waals surface area (Å²) in [6, 6.07) is 6.40. The number of alkyl halides is 1. The summed E-state index contributed by atoms with van der Waals surface area (Å²) < 4.78 is 2.51. The Kier molecular flexibility index (Phi) is 4.51. The first-order valence-corrected chi connectivity index (χ1v) is 9.16. The van der Waals surface area contributed by atoms with Crippen molar-refractivity contribution in [2.45, 2.75) is 43.9 Å². The van der Waals surface area contributed by atoms with Crippen LogP contribution in [0.1, 0.15) is 49.5 Å². The molecule has 0 saturated heterocycles. The minimum absolute atomic E-state index is 0.172. The molecular formula is C16H18BrClS. The zero-order chi connectivity index (χ0) is 13.2. The Labute approximate surface area is 132 Å². The van der Waals surface area contributed by atoms with Gasteiger partial charge in [0.1, 0.15) is 0 Å². The van der Waals surface area contributed by atoms with Crippen LogP contribution in [0.4, 0.5) is 0 Å². The molecule has 2 aromatic rings. The second-order valence-corrected chi connectivity index (χ2v) is 7.78. The summed E-state index contributed by atoms with van der Waals surface area (Å²) in [4.78, 5) is 0. The standard InChI is InChI=1S/C16H18BrClS/c17-14-8-4-7-12-13(10-19-16(12)14)15(18)9-11-5-2-1-3-6-11/h4,7-8,10-11,15H,1-3,5-6,9H2. The monoisotopic (exact) mass is 356 g/mol. The Hall–Kier alpha value is -0.0500. The Morgan fingerprint density at radius 3 is 2.84 bits per heavy atom. The summed E-state index contributed by atoms with van der Waals surface area (Å²) in [5.41, 5.74) is 1.33. The van der Waals surface area contributed by atoms with E-state index in [0.717, 1.165) is 12.3 Å². The summed E-state index contributed by atoms with van der Waals surface area (Å²) >= 11 is 12.1. The topological polar surface area (TPSA) is 0 Å². The fourth-order valence-corrected chi connectivity index (χ4v) is 5.31. The molecule has 1 saturated carbocycles. The molecule has 1 aliphatic carbocycles. The third kappa shape index (κ3) is 3.01. The third-order valence-corrected chi connectivity index (χ3v) is 6.57. The molecule has 1 aromatic carbocycles. The highest BCUT2D eigenvalue weighted by Gasteiger charge is 2.21. The molecule has 0 radical (unpaired) electrons. The number of benzene rings is 1. The molecule has 0 N–H and O–H groups in total. The molecule has 1 aliphatic rings. The van der Waals surface area contributed by atoms with Crippen LogP contribution in [0.2, 0.25) is 0 Å². The molecule has 3 rings (SSSR count). The smallest absolute Gasteiger partial charge is 0.0602 e. The van der Waals surface area contributed by atoms with E-state index in [-0.39, 0.29) is 5.38 Å². The van der Waals surface area contributed by atoms with Gasteiger partial charge in [-0.15, -0.1) is 22.9 Å². The predicted molar refractivity (Wildman–Crippen MR) is 89.3 cm³/mol. The second kappa shape index (κ2) is 6.15. The number of fused-ring (bicyclic) bond motifs is 1. The SMILES string of the molecule is ClC(CC1CCCCC1)c1csc2c(Br)cccc12. The molecule has 1 atom stereocenters. The third-order valence-electron chi connectivity index (χ3n) is 4.18. The lowest BCUT2D eigenvalue weighted by atomic mass is 9.85. The highest BCUT2D eigenvalue weighted by atomic mass is 79.9. The first-order chi connectivity index (χ1) is 9.25. The van der Waals surface area contributed by atoms with Crippen LogP contribution >= 0.6 is 38.9 Å². The number of rotatable bonds is 3. The van der Waals surface area contributed by atoms with Gasteiger partial charge in [0.15, 0.2) is 0 Å². The van der Waals surface area contributed by atoms with Gasteiger partial charge in [-0.05, 0) is 50.7 Å². The number of hydrogen-bond donors (Lipinski definition) is 0.